The summed E-state index contributed by atoms with van der Waals surface area (Å²) in [6.45, 7) is 6.91. The summed E-state index contributed by atoms with van der Waals surface area (Å²) in [4.78, 5) is 0. The van der Waals surface area contributed by atoms with Gasteiger partial charge in [0.1, 0.15) is 5.82 Å². The monoisotopic (exact) mass is 151 g/mol. The van der Waals surface area contributed by atoms with Gasteiger partial charge in [0.05, 0.1) is 5.69 Å². The third-order valence-corrected chi connectivity index (χ3v) is 1.59. The Kier molecular flexibility index (Phi) is 2.41. The molecule has 3 heteroatoms. The predicted molar refractivity (Wildman–Crippen MR) is 45.7 cm³/mol. The number of anilines is 1. The fourth-order valence-corrected chi connectivity index (χ4v) is 0.814. The first-order valence-electron chi connectivity index (χ1n) is 3.79. The molecule has 1 N–H and O–H groups in total. The van der Waals surface area contributed by atoms with E-state index in [1.165, 1.54) is 5.56 Å². The first kappa shape index (κ1) is 7.98. The molecule has 0 saturated carbocycles. The summed E-state index contributed by atoms with van der Waals surface area (Å²) in [5.74, 6) is 0.857. The Bertz CT molecular complexity index is 245. The molecule has 1 rings (SSSR count). The molecular formula is C8H13N3. The van der Waals surface area contributed by atoms with Crippen molar-refractivity contribution in [3.63, 3.8) is 0 Å². The second-order valence-electron chi connectivity index (χ2n) is 2.53. The van der Waals surface area contributed by atoms with Crippen molar-refractivity contribution in [2.75, 3.05) is 11.9 Å². The van der Waals surface area contributed by atoms with E-state index in [0.717, 1.165) is 18.1 Å². The molecule has 0 radical (unpaired) electrons. The summed E-state index contributed by atoms with van der Waals surface area (Å²) in [5, 5.41) is 11.1. The highest BCUT2D eigenvalue weighted by Crippen LogP contribution is 2.06. The SMILES string of the molecule is CCNc1cc(C)c(C)nn1. The van der Waals surface area contributed by atoms with Crippen LogP contribution in [-0.2, 0) is 0 Å². The van der Waals surface area contributed by atoms with E-state index in [0.29, 0.717) is 0 Å². The van der Waals surface area contributed by atoms with Gasteiger partial charge in [-0.15, -0.1) is 5.10 Å². The molecule has 0 aliphatic heterocycles. The van der Waals surface area contributed by atoms with Crippen molar-refractivity contribution >= 4 is 5.82 Å². The van der Waals surface area contributed by atoms with Crippen LogP contribution in [0.15, 0.2) is 6.07 Å². The topological polar surface area (TPSA) is 37.8 Å². The van der Waals surface area contributed by atoms with E-state index < -0.39 is 0 Å². The Labute approximate surface area is 66.8 Å². The molecule has 0 aliphatic carbocycles. The molecule has 0 aromatic carbocycles. The lowest BCUT2D eigenvalue weighted by atomic mass is 10.2. The van der Waals surface area contributed by atoms with Crippen LogP contribution in [0.1, 0.15) is 18.2 Å². The third kappa shape index (κ3) is 1.90. The smallest absolute Gasteiger partial charge is 0.148 e. The van der Waals surface area contributed by atoms with E-state index in [2.05, 4.69) is 15.5 Å². The number of nitrogens with zero attached hydrogens (tertiary/aromatic N) is 2. The van der Waals surface area contributed by atoms with Crippen LogP contribution in [0.2, 0.25) is 0 Å². The Balaban J connectivity index is 2.86. The minimum Gasteiger partial charge on any atom is -0.369 e. The zero-order valence-electron chi connectivity index (χ0n) is 7.18. The van der Waals surface area contributed by atoms with Gasteiger partial charge in [-0.25, -0.2) is 0 Å². The Morgan fingerprint density at radius 3 is 2.64 bits per heavy atom. The van der Waals surface area contributed by atoms with Crippen LogP contribution < -0.4 is 5.32 Å². The quantitative estimate of drug-likeness (QED) is 0.696. The largest absolute Gasteiger partial charge is 0.369 e. The van der Waals surface area contributed by atoms with Crippen LogP contribution in [0.25, 0.3) is 0 Å². The maximum atomic E-state index is 3.98. The van der Waals surface area contributed by atoms with Crippen LogP contribution >= 0.6 is 0 Å². The van der Waals surface area contributed by atoms with Crippen LogP contribution in [-0.4, -0.2) is 16.7 Å². The first-order chi connectivity index (χ1) is 5.24. The second kappa shape index (κ2) is 3.32. The molecule has 0 spiro atoms. The summed E-state index contributed by atoms with van der Waals surface area (Å²) in [7, 11) is 0. The lowest BCUT2D eigenvalue weighted by Gasteiger charge is -2.02. The highest BCUT2D eigenvalue weighted by molar-refractivity contribution is 5.36. The van der Waals surface area contributed by atoms with Crippen LogP contribution in [0, 0.1) is 13.8 Å². The molecule has 1 aromatic heterocycles. The summed E-state index contributed by atoms with van der Waals surface area (Å²) < 4.78 is 0. The lowest BCUT2D eigenvalue weighted by molar-refractivity contribution is 0.953. The van der Waals surface area contributed by atoms with E-state index >= 15 is 0 Å². The second-order valence-corrected chi connectivity index (χ2v) is 2.53. The molecule has 0 atom stereocenters. The van der Waals surface area contributed by atoms with Gasteiger partial charge in [-0.2, -0.15) is 5.10 Å². The Morgan fingerprint density at radius 2 is 2.09 bits per heavy atom. The van der Waals surface area contributed by atoms with E-state index in [-0.39, 0.29) is 0 Å². The molecule has 60 valence electrons. The Hall–Kier alpha value is -1.12. The van der Waals surface area contributed by atoms with Gasteiger partial charge in [-0.1, -0.05) is 0 Å². The van der Waals surface area contributed by atoms with Crippen LogP contribution in [0.4, 0.5) is 5.82 Å². The molecule has 11 heavy (non-hydrogen) atoms. The maximum absolute atomic E-state index is 3.98. The average molecular weight is 151 g/mol. The van der Waals surface area contributed by atoms with Gasteiger partial charge in [0.2, 0.25) is 0 Å². The average Bonchev–Trinajstić information content (AvgIpc) is 1.98. The van der Waals surface area contributed by atoms with Gasteiger partial charge < -0.3 is 5.32 Å². The zero-order chi connectivity index (χ0) is 8.27. The van der Waals surface area contributed by atoms with Gasteiger partial charge in [-0.3, -0.25) is 0 Å². The molecule has 0 bridgehead atoms. The molecule has 0 saturated heterocycles. The number of rotatable bonds is 2. The van der Waals surface area contributed by atoms with Gasteiger partial charge in [0, 0.05) is 6.54 Å². The van der Waals surface area contributed by atoms with E-state index in [1.807, 2.05) is 26.8 Å². The summed E-state index contributed by atoms with van der Waals surface area (Å²) in [5.41, 5.74) is 2.17. The number of aryl methyl sites for hydroxylation is 2. The Morgan fingerprint density at radius 1 is 1.36 bits per heavy atom. The van der Waals surface area contributed by atoms with Crippen LogP contribution in [0.5, 0.6) is 0 Å². The number of hydrogen-bond acceptors (Lipinski definition) is 3. The molecule has 0 unspecified atom stereocenters. The standard InChI is InChI=1S/C8H13N3/c1-4-9-8-5-6(2)7(3)10-11-8/h5H,4H2,1-3H3,(H,9,11). The van der Waals surface area contributed by atoms with Crippen molar-refractivity contribution < 1.29 is 0 Å². The molecule has 3 nitrogen and oxygen atoms in total. The van der Waals surface area contributed by atoms with Gasteiger partial charge in [0.25, 0.3) is 0 Å². The van der Waals surface area contributed by atoms with Gasteiger partial charge in [-0.05, 0) is 32.4 Å². The van der Waals surface area contributed by atoms with E-state index in [1.54, 1.807) is 0 Å². The highest BCUT2D eigenvalue weighted by atomic mass is 15.2. The van der Waals surface area contributed by atoms with Crippen molar-refractivity contribution in [3.8, 4) is 0 Å². The summed E-state index contributed by atoms with van der Waals surface area (Å²) >= 11 is 0. The summed E-state index contributed by atoms with van der Waals surface area (Å²) in [6, 6.07) is 2.01. The molecular weight excluding hydrogens is 138 g/mol. The highest BCUT2D eigenvalue weighted by Gasteiger charge is 1.96. The van der Waals surface area contributed by atoms with Gasteiger partial charge >= 0.3 is 0 Å². The molecule has 0 amide bonds. The number of nitrogens with one attached hydrogen (secondary N) is 1. The van der Waals surface area contributed by atoms with Crippen molar-refractivity contribution in [2.24, 2.45) is 0 Å². The first-order valence-corrected chi connectivity index (χ1v) is 3.79. The third-order valence-electron chi connectivity index (χ3n) is 1.59. The van der Waals surface area contributed by atoms with Crippen molar-refractivity contribution in [3.05, 3.63) is 17.3 Å². The van der Waals surface area contributed by atoms with E-state index in [9.17, 15) is 0 Å². The van der Waals surface area contributed by atoms with Crippen molar-refractivity contribution in [1.82, 2.24) is 10.2 Å². The van der Waals surface area contributed by atoms with Crippen LogP contribution in [0.3, 0.4) is 0 Å². The molecule has 0 aliphatic rings. The summed E-state index contributed by atoms with van der Waals surface area (Å²) in [6.07, 6.45) is 0. The molecule has 1 heterocycles. The lowest BCUT2D eigenvalue weighted by Crippen LogP contribution is -2.02. The van der Waals surface area contributed by atoms with Crippen molar-refractivity contribution in [2.45, 2.75) is 20.8 Å². The number of aromatic nitrogens is 2. The number of hydrogen-bond donors (Lipinski definition) is 1. The minimum atomic E-state index is 0.857. The fourth-order valence-electron chi connectivity index (χ4n) is 0.814. The fraction of sp³-hybridized carbons (Fsp3) is 0.500. The normalized spacial score (nSPS) is 9.73. The van der Waals surface area contributed by atoms with E-state index in [4.69, 9.17) is 0 Å². The zero-order valence-corrected chi connectivity index (χ0v) is 7.18. The molecule has 1 aromatic rings. The molecule has 0 fully saturated rings. The predicted octanol–water partition coefficient (Wildman–Crippen LogP) is 1.53. The van der Waals surface area contributed by atoms with Gasteiger partial charge in [0.15, 0.2) is 0 Å². The maximum Gasteiger partial charge on any atom is 0.148 e. The van der Waals surface area contributed by atoms with Crippen molar-refractivity contribution in [1.29, 1.82) is 0 Å². The minimum absolute atomic E-state index is 0.857.